The molecule has 0 saturated heterocycles. The van der Waals surface area contributed by atoms with Crippen molar-refractivity contribution in [3.63, 3.8) is 0 Å². The van der Waals surface area contributed by atoms with Gasteiger partial charge in [-0.15, -0.1) is 0 Å². The van der Waals surface area contributed by atoms with Crippen molar-refractivity contribution >= 4 is 43.6 Å². The van der Waals surface area contributed by atoms with Crippen LogP contribution in [0.1, 0.15) is 55.6 Å². The average molecular weight is 1110 g/mol. The number of hydrogen-bond donors (Lipinski definition) is 0. The van der Waals surface area contributed by atoms with Gasteiger partial charge in [0.05, 0.1) is 61.8 Å². The molecule has 0 radical (unpaired) electrons. The fourth-order valence-electron chi connectivity index (χ4n) is 11.9. The predicted octanol–water partition coefficient (Wildman–Crippen LogP) is 20.6. The van der Waals surface area contributed by atoms with E-state index in [9.17, 15) is 50.0 Å². The Balaban J connectivity index is 1.18. The molecule has 2 heterocycles. The molecular weight excluding hydrogens is 1070 g/mol. The molecule has 408 valence electrons. The van der Waals surface area contributed by atoms with E-state index in [1.165, 1.54) is 18.2 Å². The van der Waals surface area contributed by atoms with Crippen LogP contribution in [0.25, 0.3) is 111 Å². The lowest BCUT2D eigenvalue weighted by molar-refractivity contribution is -0.138. The van der Waals surface area contributed by atoms with Crippen LogP contribution in [0.15, 0.2) is 182 Å². The first kappa shape index (κ1) is 53.8. The van der Waals surface area contributed by atoms with Crippen LogP contribution in [0, 0.1) is 57.3 Å². The van der Waals surface area contributed by atoms with E-state index in [0.717, 1.165) is 52.6 Å². The van der Waals surface area contributed by atoms with E-state index in [1.807, 2.05) is 95.8 Å². The number of aryl methyl sites for hydroxylation is 5. The first-order valence-electron chi connectivity index (χ1n) is 26.4. The molecule has 0 unspecified atom stereocenters. The van der Waals surface area contributed by atoms with E-state index in [0.29, 0.717) is 116 Å². The Morgan fingerprint density at radius 3 is 1.12 bits per heavy atom. The standard InChI is InChI=1S/C70H45F9N4/c1-38-9-17-52(40(3)25-38)45-11-21-64-58(30-45)59-33-48(55-18-10-39(2)26-61(55)70(77,78)79)14-24-65(59)83(64)67-35-49(44-8-6-7-43(29-44)36-80)34-66(60(67)37-81)82-62-22-12-46(53-19-15-50(27-41(53)4)68(71,72)73)31-56(62)57-32-47(13-23-63(57)82)54-20-16-51(28-42(54)5)69(74,75)76/h6-35H,1-5H3. The lowest BCUT2D eigenvalue weighted by Crippen LogP contribution is -2.07. The van der Waals surface area contributed by atoms with Gasteiger partial charge in [-0.25, -0.2) is 0 Å². The van der Waals surface area contributed by atoms with Gasteiger partial charge >= 0.3 is 18.5 Å². The highest BCUT2D eigenvalue weighted by atomic mass is 19.4. The number of aromatic nitrogens is 2. The molecule has 0 saturated carbocycles. The van der Waals surface area contributed by atoms with Gasteiger partial charge in [0.2, 0.25) is 0 Å². The van der Waals surface area contributed by atoms with Gasteiger partial charge < -0.3 is 9.13 Å². The molecule has 12 rings (SSSR count). The van der Waals surface area contributed by atoms with E-state index >= 15 is 0 Å². The van der Waals surface area contributed by atoms with Crippen molar-refractivity contribution in [3.05, 3.63) is 238 Å². The summed E-state index contributed by atoms with van der Waals surface area (Å²) < 4.78 is 132. The van der Waals surface area contributed by atoms with E-state index < -0.39 is 35.2 Å². The molecule has 0 aliphatic heterocycles. The lowest BCUT2D eigenvalue weighted by Gasteiger charge is -2.19. The molecule has 12 aromatic rings. The van der Waals surface area contributed by atoms with Crippen LogP contribution in [-0.4, -0.2) is 9.13 Å². The SMILES string of the molecule is Cc1ccc(-c2ccc3c(c2)c2cc(-c4ccc(C)cc4C(F)(F)F)ccc2n3-c2cc(-c3cccc(C#N)c3)cc(-n3c4ccc(-c5ccc(C(F)(F)F)cc5C)cc4c4cc(-c5ccc(C(F)(F)F)cc5C)ccc43)c2C#N)c(C)c1. The number of fused-ring (bicyclic) bond motifs is 6. The molecule has 0 bridgehead atoms. The van der Waals surface area contributed by atoms with Gasteiger partial charge in [0.25, 0.3) is 0 Å². The first-order chi connectivity index (χ1) is 39.5. The summed E-state index contributed by atoms with van der Waals surface area (Å²) in [6.45, 7) is 8.82. The highest BCUT2D eigenvalue weighted by Gasteiger charge is 2.35. The smallest absolute Gasteiger partial charge is 0.308 e. The molecule has 2 aromatic heterocycles. The van der Waals surface area contributed by atoms with Gasteiger partial charge in [-0.1, -0.05) is 90.0 Å². The molecule has 10 aromatic carbocycles. The van der Waals surface area contributed by atoms with Crippen molar-refractivity contribution in [1.82, 2.24) is 9.13 Å². The van der Waals surface area contributed by atoms with Gasteiger partial charge in [-0.05, 0) is 210 Å². The second-order valence-corrected chi connectivity index (χ2v) is 21.2. The largest absolute Gasteiger partial charge is 0.417 e. The summed E-state index contributed by atoms with van der Waals surface area (Å²) in [6.07, 6.45) is -13.8. The Morgan fingerprint density at radius 2 is 0.735 bits per heavy atom. The maximum atomic E-state index is 14.9. The Kier molecular flexibility index (Phi) is 12.8. The number of nitriles is 2. The third-order valence-electron chi connectivity index (χ3n) is 15.8. The van der Waals surface area contributed by atoms with E-state index in [-0.39, 0.29) is 11.1 Å². The van der Waals surface area contributed by atoms with Crippen LogP contribution in [-0.2, 0) is 18.5 Å². The molecule has 0 amide bonds. The van der Waals surface area contributed by atoms with E-state index in [2.05, 4.69) is 18.2 Å². The third kappa shape index (κ3) is 9.42. The maximum Gasteiger partial charge on any atom is 0.417 e. The topological polar surface area (TPSA) is 57.4 Å². The molecule has 0 aliphatic rings. The minimum atomic E-state index is -4.67. The van der Waals surface area contributed by atoms with Crippen molar-refractivity contribution in [3.8, 4) is 79.1 Å². The van der Waals surface area contributed by atoms with Crippen molar-refractivity contribution in [2.45, 2.75) is 53.1 Å². The molecule has 0 atom stereocenters. The van der Waals surface area contributed by atoms with E-state index in [4.69, 9.17) is 0 Å². The molecule has 83 heavy (non-hydrogen) atoms. The molecule has 0 fully saturated rings. The number of hydrogen-bond acceptors (Lipinski definition) is 2. The second kappa shape index (κ2) is 19.7. The van der Waals surface area contributed by atoms with Crippen LogP contribution in [0.3, 0.4) is 0 Å². The van der Waals surface area contributed by atoms with Gasteiger partial charge in [-0.2, -0.15) is 50.0 Å². The summed E-state index contributed by atoms with van der Waals surface area (Å²) >= 11 is 0. The van der Waals surface area contributed by atoms with Crippen LogP contribution in [0.4, 0.5) is 39.5 Å². The molecular formula is C70H45F9N4. The van der Waals surface area contributed by atoms with Crippen LogP contribution < -0.4 is 0 Å². The van der Waals surface area contributed by atoms with Gasteiger partial charge in [-0.3, -0.25) is 0 Å². The Hall–Kier alpha value is -9.85. The van der Waals surface area contributed by atoms with Crippen molar-refractivity contribution in [1.29, 1.82) is 10.5 Å². The Labute approximate surface area is 470 Å². The first-order valence-corrected chi connectivity index (χ1v) is 26.4. The van der Waals surface area contributed by atoms with Gasteiger partial charge in [0.15, 0.2) is 0 Å². The zero-order valence-corrected chi connectivity index (χ0v) is 45.0. The minimum Gasteiger partial charge on any atom is -0.308 e. The summed E-state index contributed by atoms with van der Waals surface area (Å²) in [7, 11) is 0. The van der Waals surface area contributed by atoms with Crippen molar-refractivity contribution in [2.24, 2.45) is 0 Å². The highest BCUT2D eigenvalue weighted by Crippen LogP contribution is 2.46. The minimum absolute atomic E-state index is 0.00421. The Bertz CT molecular complexity index is 4660. The molecule has 4 nitrogen and oxygen atoms in total. The van der Waals surface area contributed by atoms with Gasteiger partial charge in [0.1, 0.15) is 11.6 Å². The van der Waals surface area contributed by atoms with Crippen LogP contribution in [0.2, 0.25) is 0 Å². The summed E-state index contributed by atoms with van der Waals surface area (Å²) in [5, 5.41) is 24.5. The molecule has 0 N–H and O–H groups in total. The second-order valence-electron chi connectivity index (χ2n) is 21.2. The summed E-state index contributed by atoms with van der Waals surface area (Å²) in [5.74, 6) is 0. The fourth-order valence-corrected chi connectivity index (χ4v) is 11.9. The molecule has 0 aliphatic carbocycles. The predicted molar refractivity (Wildman–Crippen MR) is 310 cm³/mol. The summed E-state index contributed by atoms with van der Waals surface area (Å²) in [6, 6.07) is 54.9. The van der Waals surface area contributed by atoms with Crippen molar-refractivity contribution < 1.29 is 39.5 Å². The number of nitrogens with zero attached hydrogens (tertiary/aromatic N) is 4. The number of benzene rings is 10. The summed E-state index contributed by atoms with van der Waals surface area (Å²) in [5.41, 5.74) is 10.1. The molecule has 13 heteroatoms. The zero-order chi connectivity index (χ0) is 58.6. The highest BCUT2D eigenvalue weighted by molar-refractivity contribution is 6.14. The fraction of sp³-hybridized carbons (Fsp3) is 0.114. The average Bonchev–Trinajstić information content (AvgIpc) is 1.84. The normalized spacial score (nSPS) is 12.2. The van der Waals surface area contributed by atoms with Gasteiger partial charge in [0, 0.05) is 21.5 Å². The van der Waals surface area contributed by atoms with Crippen LogP contribution in [0.5, 0.6) is 0 Å². The zero-order valence-electron chi connectivity index (χ0n) is 45.0. The summed E-state index contributed by atoms with van der Waals surface area (Å²) in [4.78, 5) is 0. The van der Waals surface area contributed by atoms with Crippen LogP contribution >= 0.6 is 0 Å². The van der Waals surface area contributed by atoms with E-state index in [1.54, 1.807) is 75.4 Å². The number of rotatable bonds is 7. The van der Waals surface area contributed by atoms with Crippen molar-refractivity contribution in [2.75, 3.05) is 0 Å². The third-order valence-corrected chi connectivity index (χ3v) is 15.8. The Morgan fingerprint density at radius 1 is 0.337 bits per heavy atom. The number of alkyl halides is 9. The lowest BCUT2D eigenvalue weighted by atomic mass is 9.95. The monoisotopic (exact) mass is 1110 g/mol. The maximum absolute atomic E-state index is 14.9. The quantitative estimate of drug-likeness (QED) is 0.149. The number of halogens is 9. The molecule has 0 spiro atoms.